The van der Waals surface area contributed by atoms with Gasteiger partial charge in [0.15, 0.2) is 0 Å². The Balaban J connectivity index is 1.87. The van der Waals surface area contributed by atoms with Gasteiger partial charge in [0, 0.05) is 6.07 Å². The van der Waals surface area contributed by atoms with Gasteiger partial charge in [-0.05, 0) is 37.0 Å². The molecule has 9 heteroatoms. The van der Waals surface area contributed by atoms with Gasteiger partial charge < -0.3 is 24.4 Å². The lowest BCUT2D eigenvalue weighted by Gasteiger charge is -2.29. The Labute approximate surface area is 188 Å². The lowest BCUT2D eigenvalue weighted by molar-refractivity contribution is -0.870. The van der Waals surface area contributed by atoms with Crippen molar-refractivity contribution in [1.29, 1.82) is 0 Å². The smallest absolute Gasteiger partial charge is 0.305 e. The third-order valence-electron chi connectivity index (χ3n) is 4.46. The predicted molar refractivity (Wildman–Crippen MR) is 121 cm³/mol. The van der Waals surface area contributed by atoms with Crippen molar-refractivity contribution in [2.45, 2.75) is 31.7 Å². The summed E-state index contributed by atoms with van der Waals surface area (Å²) in [6.07, 6.45) is 2.74. The first-order chi connectivity index (χ1) is 14.6. The second-order valence-electron chi connectivity index (χ2n) is 8.42. The molecule has 2 N–H and O–H groups in total. The van der Waals surface area contributed by atoms with Crippen molar-refractivity contribution in [2.75, 3.05) is 46.7 Å². The Hall–Kier alpha value is -2.58. The molecule has 0 amide bonds. The second kappa shape index (κ2) is 11.7. The van der Waals surface area contributed by atoms with Crippen LogP contribution >= 0.6 is 11.6 Å². The Kier molecular flexibility index (Phi) is 9.33. The number of carboxylic acids is 1. The molecule has 1 heterocycles. The number of nitrogens with one attached hydrogen (secondary N) is 1. The minimum absolute atomic E-state index is 0.0487. The summed E-state index contributed by atoms with van der Waals surface area (Å²) in [6.45, 7) is 1.09. The van der Waals surface area contributed by atoms with Crippen molar-refractivity contribution in [1.82, 2.24) is 9.97 Å². The van der Waals surface area contributed by atoms with E-state index in [0.717, 1.165) is 25.0 Å². The number of aryl methyl sites for hydroxylation is 1. The second-order valence-corrected chi connectivity index (χ2v) is 8.81. The number of aromatic nitrogens is 2. The molecule has 170 valence electrons. The fourth-order valence-corrected chi connectivity index (χ4v) is 3.32. The van der Waals surface area contributed by atoms with Crippen LogP contribution in [0.4, 0.5) is 5.95 Å². The summed E-state index contributed by atoms with van der Waals surface area (Å²) in [6, 6.07) is 9.26. The summed E-state index contributed by atoms with van der Waals surface area (Å²) >= 11 is 6.12. The van der Waals surface area contributed by atoms with E-state index in [1.807, 2.05) is 33.3 Å². The van der Waals surface area contributed by atoms with Crippen molar-refractivity contribution in [3.63, 3.8) is 0 Å². The molecule has 0 aliphatic carbocycles. The number of aliphatic carboxylic acids is 1. The van der Waals surface area contributed by atoms with E-state index in [0.29, 0.717) is 23.5 Å². The van der Waals surface area contributed by atoms with E-state index in [9.17, 15) is 9.90 Å². The third-order valence-corrected chi connectivity index (χ3v) is 4.66. The van der Waals surface area contributed by atoms with Gasteiger partial charge in [0.05, 0.1) is 53.9 Å². The summed E-state index contributed by atoms with van der Waals surface area (Å²) in [7, 11) is 7.64. The molecule has 0 bridgehead atoms. The van der Waals surface area contributed by atoms with Gasteiger partial charge in [-0.15, -0.1) is 0 Å². The van der Waals surface area contributed by atoms with E-state index in [4.69, 9.17) is 21.1 Å². The molecule has 0 saturated carbocycles. The van der Waals surface area contributed by atoms with Crippen LogP contribution in [0.2, 0.25) is 5.15 Å². The maximum Gasteiger partial charge on any atom is 0.305 e. The molecule has 1 aromatic heterocycles. The van der Waals surface area contributed by atoms with Gasteiger partial charge in [0.1, 0.15) is 10.9 Å². The van der Waals surface area contributed by atoms with Gasteiger partial charge in [-0.1, -0.05) is 23.7 Å². The molecule has 8 nitrogen and oxygen atoms in total. The Morgan fingerprint density at radius 3 is 2.52 bits per heavy atom. The molecule has 0 spiro atoms. The maximum atomic E-state index is 11.2. The summed E-state index contributed by atoms with van der Waals surface area (Å²) in [4.78, 5) is 19.7. The van der Waals surface area contributed by atoms with Crippen LogP contribution in [0.5, 0.6) is 11.6 Å². The highest BCUT2D eigenvalue weighted by atomic mass is 35.5. The molecule has 0 aliphatic rings. The number of hydrogen-bond acceptors (Lipinski definition) is 6. The molecule has 2 rings (SSSR count). The number of methoxy groups -OCH3 is 1. The van der Waals surface area contributed by atoms with Crippen molar-refractivity contribution < 1.29 is 23.9 Å². The fraction of sp³-hybridized carbons (Fsp3) is 0.500. The molecule has 1 unspecified atom stereocenters. The fourth-order valence-electron chi connectivity index (χ4n) is 3.15. The van der Waals surface area contributed by atoms with Crippen molar-refractivity contribution in [2.24, 2.45) is 0 Å². The number of anilines is 1. The number of quaternary nitrogens is 1. The number of halogens is 1. The largest absolute Gasteiger partial charge is 0.497 e. The van der Waals surface area contributed by atoms with Crippen LogP contribution in [-0.4, -0.2) is 73.0 Å². The Morgan fingerprint density at radius 2 is 1.90 bits per heavy atom. The first kappa shape index (κ1) is 24.7. The topological polar surface area (TPSA) is 93.6 Å². The first-order valence-electron chi connectivity index (χ1n) is 10.2. The summed E-state index contributed by atoms with van der Waals surface area (Å²) < 4.78 is 11.5. The van der Waals surface area contributed by atoms with Crippen LogP contribution in [0.15, 0.2) is 30.3 Å². The molecular weight excluding hydrogens is 420 g/mol. The molecule has 0 radical (unpaired) electrons. The van der Waals surface area contributed by atoms with E-state index < -0.39 is 5.97 Å². The number of nitrogens with zero attached hydrogens (tertiary/aromatic N) is 3. The van der Waals surface area contributed by atoms with E-state index in [-0.39, 0.29) is 23.6 Å². The molecule has 0 fully saturated rings. The van der Waals surface area contributed by atoms with Crippen molar-refractivity contribution >= 4 is 23.5 Å². The summed E-state index contributed by atoms with van der Waals surface area (Å²) in [5, 5.41) is 12.5. The molecule has 0 aliphatic heterocycles. The zero-order valence-corrected chi connectivity index (χ0v) is 19.4. The number of benzene rings is 1. The Morgan fingerprint density at radius 1 is 1.19 bits per heavy atom. The number of unbranched alkanes of at least 4 members (excludes halogenated alkanes) is 1. The quantitative estimate of drug-likeness (QED) is 0.273. The average molecular weight is 452 g/mol. The van der Waals surface area contributed by atoms with Gasteiger partial charge in [0.2, 0.25) is 11.8 Å². The number of likely N-dealkylation sites (N-methyl/N-ethyl adjacent to an activating group) is 1. The molecule has 1 atom stereocenters. The van der Waals surface area contributed by atoms with Crippen LogP contribution in [0.25, 0.3) is 0 Å². The van der Waals surface area contributed by atoms with Crippen LogP contribution < -0.4 is 14.8 Å². The monoisotopic (exact) mass is 451 g/mol. The first-order valence-corrected chi connectivity index (χ1v) is 10.6. The molecule has 0 saturated heterocycles. The number of hydrogen-bond donors (Lipinski definition) is 2. The van der Waals surface area contributed by atoms with Crippen LogP contribution in [0, 0.1) is 0 Å². The maximum absolute atomic E-state index is 11.2. The molecule has 31 heavy (non-hydrogen) atoms. The standard InChI is InChI=1S/C22H31ClN4O4/c1-27(2,3)15-17(13-21(28)29)24-22-25-19(23)14-20(26-22)31-12-6-5-7-16-8-10-18(30-4)11-9-16/h8-11,14,17H,5-7,12-13,15H2,1-4H3,(H-,24,25,26,28,29)/p+1. The van der Waals surface area contributed by atoms with Crippen LogP contribution in [-0.2, 0) is 11.2 Å². The van der Waals surface area contributed by atoms with Gasteiger partial charge in [-0.2, -0.15) is 4.98 Å². The van der Waals surface area contributed by atoms with Gasteiger partial charge >= 0.3 is 5.97 Å². The highest BCUT2D eigenvalue weighted by Gasteiger charge is 2.22. The van der Waals surface area contributed by atoms with Crippen molar-refractivity contribution in [3.8, 4) is 11.6 Å². The van der Waals surface area contributed by atoms with Crippen molar-refractivity contribution in [3.05, 3.63) is 41.0 Å². The van der Waals surface area contributed by atoms with Gasteiger partial charge in [-0.3, -0.25) is 4.79 Å². The van der Waals surface area contributed by atoms with E-state index in [2.05, 4.69) is 27.4 Å². The third kappa shape index (κ3) is 9.85. The van der Waals surface area contributed by atoms with E-state index in [1.165, 1.54) is 5.56 Å². The lowest BCUT2D eigenvalue weighted by atomic mass is 10.1. The molecular formula is C22H32ClN4O4+. The predicted octanol–water partition coefficient (Wildman–Crippen LogP) is 3.50. The highest BCUT2D eigenvalue weighted by molar-refractivity contribution is 6.29. The van der Waals surface area contributed by atoms with Gasteiger partial charge in [-0.25, -0.2) is 4.98 Å². The average Bonchev–Trinajstić information content (AvgIpc) is 2.66. The zero-order valence-electron chi connectivity index (χ0n) is 18.6. The minimum atomic E-state index is -0.888. The molecule has 2 aromatic rings. The van der Waals surface area contributed by atoms with Gasteiger partial charge in [0.25, 0.3) is 0 Å². The highest BCUT2D eigenvalue weighted by Crippen LogP contribution is 2.19. The normalized spacial score (nSPS) is 12.3. The minimum Gasteiger partial charge on any atom is -0.497 e. The number of rotatable bonds is 13. The van der Waals surface area contributed by atoms with Crippen LogP contribution in [0.3, 0.4) is 0 Å². The SMILES string of the molecule is COc1ccc(CCCCOc2cc(Cl)nc(NC(CC(=O)O)C[N+](C)(C)C)n2)cc1. The summed E-state index contributed by atoms with van der Waals surface area (Å²) in [5.74, 6) is 0.595. The Bertz CT molecular complexity index is 840. The summed E-state index contributed by atoms with van der Waals surface area (Å²) in [5.41, 5.74) is 1.25. The molecule has 1 aromatic carbocycles. The number of ether oxygens (including phenoxy) is 2. The van der Waals surface area contributed by atoms with Crippen LogP contribution in [0.1, 0.15) is 24.8 Å². The zero-order chi connectivity index (χ0) is 22.9. The van der Waals surface area contributed by atoms with E-state index in [1.54, 1.807) is 13.2 Å². The lowest BCUT2D eigenvalue weighted by Crippen LogP contribution is -2.45. The van der Waals surface area contributed by atoms with E-state index >= 15 is 0 Å². The number of carbonyl (C=O) groups is 1. The number of carboxylic acid groups (broad SMARTS) is 1.